The average Bonchev–Trinajstić information content (AvgIpc) is 3.48. The second kappa shape index (κ2) is 9.65. The third-order valence-corrected chi connectivity index (χ3v) is 6.34. The van der Waals surface area contributed by atoms with Gasteiger partial charge in [0.25, 0.3) is 5.91 Å². The molecule has 0 aliphatic carbocycles. The first-order valence-electron chi connectivity index (χ1n) is 11.1. The summed E-state index contributed by atoms with van der Waals surface area (Å²) in [6.07, 6.45) is 1.86. The summed E-state index contributed by atoms with van der Waals surface area (Å²) in [4.78, 5) is 31.7. The normalized spacial score (nSPS) is 19.3. The Labute approximate surface area is 188 Å². The van der Waals surface area contributed by atoms with Crippen molar-refractivity contribution in [3.05, 3.63) is 47.4 Å². The summed E-state index contributed by atoms with van der Waals surface area (Å²) in [5.74, 6) is 2.65. The number of furan rings is 1. The van der Waals surface area contributed by atoms with Gasteiger partial charge in [-0.05, 0) is 50.1 Å². The number of hydrogen-bond acceptors (Lipinski definition) is 6. The first-order chi connectivity index (χ1) is 15.5. The first-order valence-corrected chi connectivity index (χ1v) is 11.1. The van der Waals surface area contributed by atoms with E-state index in [1.54, 1.807) is 31.3 Å². The molecular formula is C24H31N3O5. The summed E-state index contributed by atoms with van der Waals surface area (Å²) in [6, 6.07) is 9.23. The minimum absolute atomic E-state index is 0.0161. The summed E-state index contributed by atoms with van der Waals surface area (Å²) in [7, 11) is 3.29. The smallest absolute Gasteiger partial charge is 0.289 e. The lowest BCUT2D eigenvalue weighted by Crippen LogP contribution is -2.51. The van der Waals surface area contributed by atoms with Crippen LogP contribution in [0, 0.1) is 6.92 Å². The number of carbonyl (C=O) groups excluding carboxylic acids is 2. The van der Waals surface area contributed by atoms with Crippen LogP contribution in [0.15, 0.2) is 34.7 Å². The van der Waals surface area contributed by atoms with E-state index in [2.05, 4.69) is 4.90 Å². The quantitative estimate of drug-likeness (QED) is 0.686. The predicted octanol–water partition coefficient (Wildman–Crippen LogP) is 2.73. The monoisotopic (exact) mass is 441 g/mol. The lowest BCUT2D eigenvalue weighted by molar-refractivity contribution is -0.133. The molecule has 2 saturated heterocycles. The van der Waals surface area contributed by atoms with Crippen LogP contribution in [0.5, 0.6) is 11.5 Å². The molecule has 1 atom stereocenters. The minimum atomic E-state index is -0.0891. The van der Waals surface area contributed by atoms with Gasteiger partial charge in [0.15, 0.2) is 5.76 Å². The van der Waals surface area contributed by atoms with Crippen LogP contribution in [0.4, 0.5) is 0 Å². The number of amides is 2. The number of piperazine rings is 1. The van der Waals surface area contributed by atoms with E-state index in [4.69, 9.17) is 13.9 Å². The molecule has 0 radical (unpaired) electrons. The Kier molecular flexibility index (Phi) is 6.69. The Bertz CT molecular complexity index is 964. The van der Waals surface area contributed by atoms with Crippen LogP contribution in [0.25, 0.3) is 0 Å². The van der Waals surface area contributed by atoms with Gasteiger partial charge in [0.05, 0.1) is 26.8 Å². The Morgan fingerprint density at radius 3 is 2.47 bits per heavy atom. The number of nitrogens with zero attached hydrogens (tertiary/aromatic N) is 3. The maximum absolute atomic E-state index is 13.2. The molecule has 0 N–H and O–H groups in total. The van der Waals surface area contributed by atoms with E-state index in [0.717, 1.165) is 42.2 Å². The molecular weight excluding hydrogens is 410 g/mol. The van der Waals surface area contributed by atoms with Crippen molar-refractivity contribution in [2.75, 3.05) is 53.5 Å². The molecule has 172 valence electrons. The van der Waals surface area contributed by atoms with Gasteiger partial charge in [-0.2, -0.15) is 0 Å². The third-order valence-electron chi connectivity index (χ3n) is 6.34. The largest absolute Gasteiger partial charge is 0.497 e. The maximum atomic E-state index is 13.2. The number of benzene rings is 1. The molecule has 1 unspecified atom stereocenters. The minimum Gasteiger partial charge on any atom is -0.497 e. The molecule has 8 nitrogen and oxygen atoms in total. The number of ether oxygens (including phenoxy) is 2. The van der Waals surface area contributed by atoms with Crippen molar-refractivity contribution in [1.29, 1.82) is 0 Å². The van der Waals surface area contributed by atoms with E-state index >= 15 is 0 Å². The van der Waals surface area contributed by atoms with Crippen LogP contribution in [0.1, 0.15) is 40.8 Å². The van der Waals surface area contributed by atoms with Gasteiger partial charge in [0.1, 0.15) is 17.3 Å². The molecule has 1 aromatic heterocycles. The van der Waals surface area contributed by atoms with Gasteiger partial charge >= 0.3 is 0 Å². The van der Waals surface area contributed by atoms with E-state index in [1.165, 1.54) is 0 Å². The molecule has 2 amide bonds. The molecule has 1 aromatic carbocycles. The summed E-state index contributed by atoms with van der Waals surface area (Å²) in [5, 5.41) is 0. The zero-order chi connectivity index (χ0) is 22.7. The molecule has 32 heavy (non-hydrogen) atoms. The highest BCUT2D eigenvalue weighted by Crippen LogP contribution is 2.39. The van der Waals surface area contributed by atoms with Crippen molar-refractivity contribution in [2.45, 2.75) is 25.8 Å². The highest BCUT2D eigenvalue weighted by Gasteiger charge is 2.33. The fraction of sp³-hybridized carbons (Fsp3) is 0.500. The lowest BCUT2D eigenvalue weighted by Gasteiger charge is -2.35. The fourth-order valence-corrected chi connectivity index (χ4v) is 4.58. The van der Waals surface area contributed by atoms with Crippen molar-refractivity contribution in [2.24, 2.45) is 0 Å². The van der Waals surface area contributed by atoms with Crippen molar-refractivity contribution in [1.82, 2.24) is 14.7 Å². The standard InChI is InChI=1S/C24H31N3O5/c1-17-6-8-22(32-17)24(29)26-13-11-25(12-14-26)16-23(28)27-10-4-5-20(27)19-15-18(30-2)7-9-21(19)31-3/h6-9,15,20H,4-5,10-14,16H2,1-3H3. The fourth-order valence-electron chi connectivity index (χ4n) is 4.58. The van der Waals surface area contributed by atoms with Crippen LogP contribution in [0.2, 0.25) is 0 Å². The Hall–Kier alpha value is -3.00. The molecule has 3 heterocycles. The van der Waals surface area contributed by atoms with Gasteiger partial charge < -0.3 is 23.7 Å². The lowest BCUT2D eigenvalue weighted by atomic mass is 10.0. The first kappa shape index (κ1) is 22.2. The van der Waals surface area contributed by atoms with Crippen LogP contribution >= 0.6 is 0 Å². The van der Waals surface area contributed by atoms with E-state index < -0.39 is 0 Å². The zero-order valence-corrected chi connectivity index (χ0v) is 19.0. The van der Waals surface area contributed by atoms with Gasteiger partial charge in [-0.25, -0.2) is 0 Å². The third kappa shape index (κ3) is 4.60. The molecule has 0 spiro atoms. The van der Waals surface area contributed by atoms with E-state index in [9.17, 15) is 9.59 Å². The van der Waals surface area contributed by atoms with Gasteiger partial charge in [-0.15, -0.1) is 0 Å². The Morgan fingerprint density at radius 2 is 1.81 bits per heavy atom. The van der Waals surface area contributed by atoms with Gasteiger partial charge in [0.2, 0.25) is 5.91 Å². The summed E-state index contributed by atoms with van der Waals surface area (Å²) >= 11 is 0. The van der Waals surface area contributed by atoms with Gasteiger partial charge in [-0.3, -0.25) is 14.5 Å². The number of carbonyl (C=O) groups is 2. The average molecular weight is 442 g/mol. The van der Waals surface area contributed by atoms with Gasteiger partial charge in [0, 0.05) is 38.3 Å². The van der Waals surface area contributed by atoms with Crippen LogP contribution < -0.4 is 9.47 Å². The predicted molar refractivity (Wildman–Crippen MR) is 119 cm³/mol. The number of likely N-dealkylation sites (tertiary alicyclic amines) is 1. The zero-order valence-electron chi connectivity index (χ0n) is 19.0. The van der Waals surface area contributed by atoms with Crippen molar-refractivity contribution >= 4 is 11.8 Å². The topological polar surface area (TPSA) is 75.5 Å². The summed E-state index contributed by atoms with van der Waals surface area (Å²) in [6.45, 7) is 5.41. The molecule has 0 bridgehead atoms. The van der Waals surface area contributed by atoms with Crippen LogP contribution in [-0.4, -0.2) is 80.0 Å². The Morgan fingerprint density at radius 1 is 1.03 bits per heavy atom. The van der Waals surface area contributed by atoms with Crippen LogP contribution in [0.3, 0.4) is 0 Å². The number of rotatable bonds is 6. The van der Waals surface area contributed by atoms with Crippen molar-refractivity contribution in [3.8, 4) is 11.5 Å². The second-order valence-corrected chi connectivity index (χ2v) is 8.33. The van der Waals surface area contributed by atoms with Crippen LogP contribution in [-0.2, 0) is 4.79 Å². The molecule has 0 saturated carbocycles. The molecule has 8 heteroatoms. The van der Waals surface area contributed by atoms with Crippen molar-refractivity contribution in [3.63, 3.8) is 0 Å². The number of hydrogen-bond donors (Lipinski definition) is 0. The highest BCUT2D eigenvalue weighted by atomic mass is 16.5. The molecule has 4 rings (SSSR count). The molecule has 2 fully saturated rings. The highest BCUT2D eigenvalue weighted by molar-refractivity contribution is 5.91. The number of methoxy groups -OCH3 is 2. The summed E-state index contributed by atoms with van der Waals surface area (Å²) in [5.41, 5.74) is 0.988. The van der Waals surface area contributed by atoms with Gasteiger partial charge in [-0.1, -0.05) is 0 Å². The Balaban J connectivity index is 1.36. The van der Waals surface area contributed by atoms with Crippen molar-refractivity contribution < 1.29 is 23.5 Å². The SMILES string of the molecule is COc1ccc(OC)c(C2CCCN2C(=O)CN2CCN(C(=O)c3ccc(C)o3)CC2)c1. The molecule has 2 aromatic rings. The molecule has 2 aliphatic heterocycles. The maximum Gasteiger partial charge on any atom is 0.289 e. The summed E-state index contributed by atoms with van der Waals surface area (Å²) < 4.78 is 16.4. The number of aryl methyl sites for hydroxylation is 1. The van der Waals surface area contributed by atoms with E-state index in [1.807, 2.05) is 30.0 Å². The van der Waals surface area contributed by atoms with E-state index in [0.29, 0.717) is 38.5 Å². The van der Waals surface area contributed by atoms with E-state index in [-0.39, 0.29) is 17.9 Å². The second-order valence-electron chi connectivity index (χ2n) is 8.33. The molecule has 2 aliphatic rings.